The molecule has 3 aromatic heterocycles. The number of nitrogens with zero attached hydrogens (tertiary/aromatic N) is 3. The van der Waals surface area contributed by atoms with Crippen molar-refractivity contribution >= 4 is 28.5 Å². The van der Waals surface area contributed by atoms with E-state index in [0.717, 1.165) is 33.7 Å². The van der Waals surface area contributed by atoms with E-state index < -0.39 is 0 Å². The molecule has 4 nitrogen and oxygen atoms in total. The molecule has 0 unspecified atom stereocenters. The van der Waals surface area contributed by atoms with Crippen molar-refractivity contribution in [3.8, 4) is 11.3 Å². The Morgan fingerprint density at radius 2 is 2.11 bits per heavy atom. The highest BCUT2D eigenvalue weighted by Crippen LogP contribution is 2.34. The fourth-order valence-electron chi connectivity index (χ4n) is 2.36. The topological polar surface area (TPSA) is 50.7 Å². The highest BCUT2D eigenvalue weighted by atomic mass is 35.5. The number of hydrogen-bond donors (Lipinski definition) is 1. The van der Waals surface area contributed by atoms with Crippen LogP contribution in [0.3, 0.4) is 0 Å². The third-order valence-corrected chi connectivity index (χ3v) is 3.44. The lowest BCUT2D eigenvalue weighted by Crippen LogP contribution is -2.11. The summed E-state index contributed by atoms with van der Waals surface area (Å²) >= 11 is 5.91. The van der Waals surface area contributed by atoms with Crippen molar-refractivity contribution < 1.29 is 0 Å². The number of aromatic nitrogens is 3. The zero-order valence-corrected chi connectivity index (χ0v) is 10.6. The molecule has 1 aliphatic heterocycles. The first-order chi connectivity index (χ1) is 9.31. The van der Waals surface area contributed by atoms with Gasteiger partial charge in [0.2, 0.25) is 0 Å². The average molecular weight is 269 g/mol. The van der Waals surface area contributed by atoms with Crippen LogP contribution in [0.25, 0.3) is 22.3 Å². The molecule has 0 aromatic carbocycles. The summed E-state index contributed by atoms with van der Waals surface area (Å²) in [6, 6.07) is 9.78. The number of fused-ring (bicyclic) bond motifs is 4. The molecule has 0 amide bonds. The lowest BCUT2D eigenvalue weighted by atomic mass is 10.0. The molecule has 1 aliphatic rings. The van der Waals surface area contributed by atoms with E-state index in [1.165, 1.54) is 0 Å². The number of rotatable bonds is 0. The van der Waals surface area contributed by atoms with Gasteiger partial charge >= 0.3 is 0 Å². The minimum atomic E-state index is 0.480. The summed E-state index contributed by atoms with van der Waals surface area (Å²) in [7, 11) is 0. The lowest BCUT2D eigenvalue weighted by molar-refractivity contribution is 1.06. The summed E-state index contributed by atoms with van der Waals surface area (Å²) in [4.78, 5) is 13.2. The Kier molecular flexibility index (Phi) is 2.19. The molecular formula is C14H9ClN4. The van der Waals surface area contributed by atoms with Crippen LogP contribution in [0, 0.1) is 0 Å². The molecule has 5 heteroatoms. The zero-order chi connectivity index (χ0) is 12.8. The summed E-state index contributed by atoms with van der Waals surface area (Å²) in [6.07, 6.45) is 1.75. The molecule has 0 saturated carbocycles. The molecule has 0 bridgehead atoms. The molecular weight excluding hydrogens is 260 g/mol. The summed E-state index contributed by atoms with van der Waals surface area (Å²) in [5.74, 6) is 0.780. The van der Waals surface area contributed by atoms with Crippen LogP contribution in [0.2, 0.25) is 5.15 Å². The van der Waals surface area contributed by atoms with Gasteiger partial charge in [0.15, 0.2) is 5.65 Å². The summed E-state index contributed by atoms with van der Waals surface area (Å²) in [5, 5.41) is 4.80. The Morgan fingerprint density at radius 3 is 3.05 bits per heavy atom. The van der Waals surface area contributed by atoms with Crippen LogP contribution in [-0.2, 0) is 6.54 Å². The smallest absolute Gasteiger partial charge is 0.159 e. The summed E-state index contributed by atoms with van der Waals surface area (Å²) in [5.41, 5.74) is 3.81. The zero-order valence-electron chi connectivity index (χ0n) is 9.89. The maximum absolute atomic E-state index is 5.91. The first kappa shape index (κ1) is 10.7. The maximum Gasteiger partial charge on any atom is 0.159 e. The molecule has 0 atom stereocenters. The Balaban J connectivity index is 2.02. The van der Waals surface area contributed by atoms with Crippen LogP contribution in [0.1, 0.15) is 5.56 Å². The molecule has 3 aromatic rings. The molecule has 4 rings (SSSR count). The predicted octanol–water partition coefficient (Wildman–Crippen LogP) is 3.27. The molecule has 1 N–H and O–H groups in total. The number of hydrogen-bond acceptors (Lipinski definition) is 4. The molecule has 0 spiro atoms. The fourth-order valence-corrected chi connectivity index (χ4v) is 2.50. The van der Waals surface area contributed by atoms with Crippen molar-refractivity contribution in [1.82, 2.24) is 15.0 Å². The summed E-state index contributed by atoms with van der Waals surface area (Å²) in [6.45, 7) is 0.702. The van der Waals surface area contributed by atoms with Crippen LogP contribution in [0.4, 0.5) is 5.82 Å². The van der Waals surface area contributed by atoms with Gasteiger partial charge in [0.05, 0.1) is 5.69 Å². The van der Waals surface area contributed by atoms with Crippen molar-refractivity contribution in [2.45, 2.75) is 6.54 Å². The Hall–Kier alpha value is -2.20. The van der Waals surface area contributed by atoms with Gasteiger partial charge in [-0.2, -0.15) is 0 Å². The van der Waals surface area contributed by atoms with E-state index in [4.69, 9.17) is 11.6 Å². The van der Waals surface area contributed by atoms with Gasteiger partial charge in [-0.1, -0.05) is 11.6 Å². The normalized spacial score (nSPS) is 12.7. The second-order valence-corrected chi connectivity index (χ2v) is 4.82. The lowest BCUT2D eigenvalue weighted by Gasteiger charge is -2.20. The van der Waals surface area contributed by atoms with Crippen molar-refractivity contribution in [3.63, 3.8) is 0 Å². The molecule has 92 valence electrons. The van der Waals surface area contributed by atoms with E-state index in [2.05, 4.69) is 26.3 Å². The SMILES string of the molecule is Clc1ccc2c(n1)NCc1cc3cccnc3nc1-2. The molecule has 0 aliphatic carbocycles. The van der Waals surface area contributed by atoms with Crippen LogP contribution >= 0.6 is 11.6 Å². The van der Waals surface area contributed by atoms with Gasteiger partial charge in [-0.3, -0.25) is 0 Å². The first-order valence-corrected chi connectivity index (χ1v) is 6.34. The van der Waals surface area contributed by atoms with Gasteiger partial charge in [-0.15, -0.1) is 0 Å². The van der Waals surface area contributed by atoms with Gasteiger partial charge in [0.25, 0.3) is 0 Å². The van der Waals surface area contributed by atoms with Gasteiger partial charge in [0, 0.05) is 23.7 Å². The van der Waals surface area contributed by atoms with E-state index in [1.807, 2.05) is 18.2 Å². The minimum absolute atomic E-state index is 0.480. The first-order valence-electron chi connectivity index (χ1n) is 5.97. The van der Waals surface area contributed by atoms with E-state index in [-0.39, 0.29) is 0 Å². The highest BCUT2D eigenvalue weighted by Gasteiger charge is 2.19. The largest absolute Gasteiger partial charge is 0.365 e. The number of halogens is 1. The standard InChI is InChI=1S/C14H9ClN4/c15-11-4-3-10-12-9(7-17-14(10)18-11)6-8-2-1-5-16-13(8)19-12/h1-6H,7H2,(H,17,18). The van der Waals surface area contributed by atoms with Crippen LogP contribution in [-0.4, -0.2) is 15.0 Å². The van der Waals surface area contributed by atoms with Gasteiger partial charge < -0.3 is 5.32 Å². The molecule has 0 fully saturated rings. The van der Waals surface area contributed by atoms with Gasteiger partial charge in [0.1, 0.15) is 11.0 Å². The number of anilines is 1. The van der Waals surface area contributed by atoms with Crippen LogP contribution in [0.5, 0.6) is 0 Å². The maximum atomic E-state index is 5.91. The highest BCUT2D eigenvalue weighted by molar-refractivity contribution is 6.29. The Morgan fingerprint density at radius 1 is 1.16 bits per heavy atom. The van der Waals surface area contributed by atoms with E-state index in [1.54, 1.807) is 12.3 Å². The average Bonchev–Trinajstić information content (AvgIpc) is 2.44. The van der Waals surface area contributed by atoms with Crippen molar-refractivity contribution in [1.29, 1.82) is 0 Å². The molecule has 0 saturated heterocycles. The fraction of sp³-hybridized carbons (Fsp3) is 0.0714. The van der Waals surface area contributed by atoms with Crippen LogP contribution in [0.15, 0.2) is 36.5 Å². The second-order valence-electron chi connectivity index (χ2n) is 4.43. The monoisotopic (exact) mass is 268 g/mol. The molecule has 0 radical (unpaired) electrons. The Bertz CT molecular complexity index is 801. The second kappa shape index (κ2) is 3.90. The Labute approximate surface area is 114 Å². The van der Waals surface area contributed by atoms with Gasteiger partial charge in [-0.05, 0) is 35.9 Å². The third-order valence-electron chi connectivity index (χ3n) is 3.23. The quantitative estimate of drug-likeness (QED) is 0.636. The van der Waals surface area contributed by atoms with Crippen molar-refractivity contribution in [3.05, 3.63) is 47.2 Å². The summed E-state index contributed by atoms with van der Waals surface area (Å²) < 4.78 is 0. The number of pyridine rings is 3. The van der Waals surface area contributed by atoms with E-state index >= 15 is 0 Å². The van der Waals surface area contributed by atoms with Crippen molar-refractivity contribution in [2.24, 2.45) is 0 Å². The van der Waals surface area contributed by atoms with Gasteiger partial charge in [-0.25, -0.2) is 15.0 Å². The predicted molar refractivity (Wildman–Crippen MR) is 75.1 cm³/mol. The number of nitrogens with one attached hydrogen (secondary N) is 1. The van der Waals surface area contributed by atoms with Crippen molar-refractivity contribution in [2.75, 3.05) is 5.32 Å². The minimum Gasteiger partial charge on any atom is -0.365 e. The molecule has 19 heavy (non-hydrogen) atoms. The van der Waals surface area contributed by atoms with E-state index in [9.17, 15) is 0 Å². The molecule has 4 heterocycles. The third kappa shape index (κ3) is 1.64. The van der Waals surface area contributed by atoms with Crippen LogP contribution < -0.4 is 5.32 Å². The van der Waals surface area contributed by atoms with E-state index in [0.29, 0.717) is 11.7 Å².